The van der Waals surface area contributed by atoms with Gasteiger partial charge in [0, 0.05) is 12.6 Å². The summed E-state index contributed by atoms with van der Waals surface area (Å²) in [6.07, 6.45) is 2.81. The predicted octanol–water partition coefficient (Wildman–Crippen LogP) is 2.43. The standard InChI is InChI=1S/C17H16FNO3S/c18-15-9-6-14(7-10-15)8-11-17(20)19-12-13-23(21,22)16-4-2-1-3-5-16/h1-11H,12-13H2,(H,19,20)/b11-8-. The summed E-state index contributed by atoms with van der Waals surface area (Å²) in [6.45, 7) is 0.0177. The van der Waals surface area contributed by atoms with Crippen LogP contribution in [0.4, 0.5) is 4.39 Å². The number of sulfone groups is 1. The average molecular weight is 333 g/mol. The summed E-state index contributed by atoms with van der Waals surface area (Å²) >= 11 is 0. The molecule has 0 atom stereocenters. The number of amides is 1. The first-order valence-electron chi connectivity index (χ1n) is 6.97. The van der Waals surface area contributed by atoms with Crippen LogP contribution in [0.25, 0.3) is 6.08 Å². The maximum atomic E-state index is 12.7. The Morgan fingerprint density at radius 3 is 2.35 bits per heavy atom. The van der Waals surface area contributed by atoms with Gasteiger partial charge in [0.15, 0.2) is 9.84 Å². The lowest BCUT2D eigenvalue weighted by molar-refractivity contribution is -0.116. The fraction of sp³-hybridized carbons (Fsp3) is 0.118. The van der Waals surface area contributed by atoms with Crippen molar-refractivity contribution in [1.29, 1.82) is 0 Å². The van der Waals surface area contributed by atoms with Crippen LogP contribution in [0, 0.1) is 5.82 Å². The summed E-state index contributed by atoms with van der Waals surface area (Å²) in [5.74, 6) is -0.928. The third kappa shape index (κ3) is 5.34. The Labute approximate surface area is 134 Å². The Kier molecular flexibility index (Phi) is 5.65. The van der Waals surface area contributed by atoms with Gasteiger partial charge in [0.25, 0.3) is 0 Å². The second-order valence-electron chi connectivity index (χ2n) is 4.81. The largest absolute Gasteiger partial charge is 0.352 e. The molecule has 4 nitrogen and oxygen atoms in total. The molecule has 2 aromatic carbocycles. The number of rotatable bonds is 6. The van der Waals surface area contributed by atoms with E-state index in [2.05, 4.69) is 5.32 Å². The highest BCUT2D eigenvalue weighted by Crippen LogP contribution is 2.09. The van der Waals surface area contributed by atoms with Gasteiger partial charge in [-0.3, -0.25) is 4.79 Å². The third-order valence-electron chi connectivity index (χ3n) is 3.07. The quantitative estimate of drug-likeness (QED) is 0.826. The van der Waals surface area contributed by atoms with Crippen LogP contribution in [-0.2, 0) is 14.6 Å². The zero-order valence-corrected chi connectivity index (χ0v) is 13.1. The molecule has 0 fully saturated rings. The second kappa shape index (κ2) is 7.69. The van der Waals surface area contributed by atoms with E-state index < -0.39 is 15.7 Å². The maximum Gasteiger partial charge on any atom is 0.244 e. The summed E-state index contributed by atoms with van der Waals surface area (Å²) in [6, 6.07) is 13.7. The van der Waals surface area contributed by atoms with Crippen LogP contribution in [0.5, 0.6) is 0 Å². The highest BCUT2D eigenvalue weighted by molar-refractivity contribution is 7.91. The summed E-state index contributed by atoms with van der Waals surface area (Å²) in [5.41, 5.74) is 0.679. The molecule has 1 amide bonds. The van der Waals surface area contributed by atoms with Crippen LogP contribution in [0.15, 0.2) is 65.6 Å². The van der Waals surface area contributed by atoms with Gasteiger partial charge >= 0.3 is 0 Å². The Balaban J connectivity index is 1.84. The average Bonchev–Trinajstić information content (AvgIpc) is 2.55. The van der Waals surface area contributed by atoms with E-state index in [0.717, 1.165) is 0 Å². The highest BCUT2D eigenvalue weighted by atomic mass is 32.2. The molecular weight excluding hydrogens is 317 g/mol. The molecule has 2 aromatic rings. The van der Waals surface area contributed by atoms with Crippen molar-refractivity contribution < 1.29 is 17.6 Å². The number of benzene rings is 2. The predicted molar refractivity (Wildman–Crippen MR) is 86.9 cm³/mol. The van der Waals surface area contributed by atoms with Crippen molar-refractivity contribution in [3.05, 3.63) is 72.1 Å². The lowest BCUT2D eigenvalue weighted by Gasteiger charge is -2.05. The first-order valence-corrected chi connectivity index (χ1v) is 8.62. The van der Waals surface area contributed by atoms with Crippen molar-refractivity contribution in [2.24, 2.45) is 0 Å². The van der Waals surface area contributed by atoms with Gasteiger partial charge in [-0.05, 0) is 35.9 Å². The molecule has 0 saturated heterocycles. The molecule has 6 heteroatoms. The van der Waals surface area contributed by atoms with Crippen LogP contribution in [-0.4, -0.2) is 26.6 Å². The zero-order valence-electron chi connectivity index (χ0n) is 12.3. The fourth-order valence-electron chi connectivity index (χ4n) is 1.86. The van der Waals surface area contributed by atoms with E-state index in [9.17, 15) is 17.6 Å². The summed E-state index contributed by atoms with van der Waals surface area (Å²) in [4.78, 5) is 11.9. The SMILES string of the molecule is O=C(/C=C\c1ccc(F)cc1)NCCS(=O)(=O)c1ccccc1. The molecule has 0 radical (unpaired) electrons. The minimum absolute atomic E-state index is 0.0177. The van der Waals surface area contributed by atoms with E-state index >= 15 is 0 Å². The number of carbonyl (C=O) groups is 1. The number of hydrogen-bond donors (Lipinski definition) is 1. The molecule has 2 rings (SSSR count). The van der Waals surface area contributed by atoms with Gasteiger partial charge in [0.05, 0.1) is 10.6 Å². The molecule has 0 unspecified atom stereocenters. The van der Waals surface area contributed by atoms with Crippen molar-refractivity contribution >= 4 is 21.8 Å². The van der Waals surface area contributed by atoms with Gasteiger partial charge in [-0.15, -0.1) is 0 Å². The van der Waals surface area contributed by atoms with E-state index in [0.29, 0.717) is 5.56 Å². The normalized spacial score (nSPS) is 11.5. The molecule has 0 heterocycles. The summed E-state index contributed by atoms with van der Waals surface area (Å²) in [5, 5.41) is 2.51. The van der Waals surface area contributed by atoms with Crippen molar-refractivity contribution in [2.75, 3.05) is 12.3 Å². The Hall–Kier alpha value is -2.47. The summed E-state index contributed by atoms with van der Waals surface area (Å²) < 4.78 is 36.8. The topological polar surface area (TPSA) is 63.2 Å². The van der Waals surface area contributed by atoms with E-state index in [1.165, 1.54) is 36.4 Å². The third-order valence-corrected chi connectivity index (χ3v) is 4.80. The molecule has 120 valence electrons. The van der Waals surface area contributed by atoms with Gasteiger partial charge in [0.1, 0.15) is 5.82 Å². The monoisotopic (exact) mass is 333 g/mol. The van der Waals surface area contributed by atoms with Gasteiger partial charge in [-0.25, -0.2) is 12.8 Å². The van der Waals surface area contributed by atoms with E-state index in [1.54, 1.807) is 30.3 Å². The molecule has 0 saturated carbocycles. The second-order valence-corrected chi connectivity index (χ2v) is 6.92. The minimum Gasteiger partial charge on any atom is -0.352 e. The Morgan fingerprint density at radius 1 is 1.04 bits per heavy atom. The Morgan fingerprint density at radius 2 is 1.70 bits per heavy atom. The first kappa shape index (κ1) is 16.9. The van der Waals surface area contributed by atoms with Crippen LogP contribution in [0.2, 0.25) is 0 Å². The van der Waals surface area contributed by atoms with Gasteiger partial charge in [0.2, 0.25) is 5.91 Å². The summed E-state index contributed by atoms with van der Waals surface area (Å²) in [7, 11) is -3.41. The van der Waals surface area contributed by atoms with Crippen LogP contribution in [0.1, 0.15) is 5.56 Å². The van der Waals surface area contributed by atoms with Gasteiger partial charge in [-0.1, -0.05) is 30.3 Å². The molecule has 0 aromatic heterocycles. The van der Waals surface area contributed by atoms with Gasteiger partial charge < -0.3 is 5.32 Å². The Bertz CT molecular complexity index is 784. The number of nitrogens with one attached hydrogen (secondary N) is 1. The van der Waals surface area contributed by atoms with Gasteiger partial charge in [-0.2, -0.15) is 0 Å². The smallest absolute Gasteiger partial charge is 0.244 e. The highest BCUT2D eigenvalue weighted by Gasteiger charge is 2.13. The van der Waals surface area contributed by atoms with Crippen LogP contribution < -0.4 is 5.32 Å². The molecule has 0 spiro atoms. The van der Waals surface area contributed by atoms with Crippen LogP contribution >= 0.6 is 0 Å². The first-order chi connectivity index (χ1) is 11.0. The maximum absolute atomic E-state index is 12.7. The molecule has 0 aliphatic carbocycles. The molecule has 0 aliphatic heterocycles. The van der Waals surface area contributed by atoms with Crippen molar-refractivity contribution in [3.8, 4) is 0 Å². The fourth-order valence-corrected chi connectivity index (χ4v) is 3.04. The van der Waals surface area contributed by atoms with Crippen LogP contribution in [0.3, 0.4) is 0 Å². The minimum atomic E-state index is -3.41. The lowest BCUT2D eigenvalue weighted by atomic mass is 10.2. The molecule has 0 aliphatic rings. The number of halogens is 1. The molecular formula is C17H16FNO3S. The van der Waals surface area contributed by atoms with Crippen molar-refractivity contribution in [2.45, 2.75) is 4.90 Å². The van der Waals surface area contributed by atoms with Crippen molar-refractivity contribution in [3.63, 3.8) is 0 Å². The lowest BCUT2D eigenvalue weighted by Crippen LogP contribution is -2.27. The molecule has 1 N–H and O–H groups in total. The molecule has 0 bridgehead atoms. The molecule has 23 heavy (non-hydrogen) atoms. The number of carbonyl (C=O) groups excluding carboxylic acids is 1. The number of hydrogen-bond acceptors (Lipinski definition) is 3. The van der Waals surface area contributed by atoms with E-state index in [-0.39, 0.29) is 23.0 Å². The zero-order chi connectivity index (χ0) is 16.7. The van der Waals surface area contributed by atoms with E-state index in [4.69, 9.17) is 0 Å². The van der Waals surface area contributed by atoms with Crippen molar-refractivity contribution in [1.82, 2.24) is 5.32 Å². The van der Waals surface area contributed by atoms with E-state index in [1.807, 2.05) is 0 Å².